The Morgan fingerprint density at radius 1 is 1.50 bits per heavy atom. The van der Waals surface area contributed by atoms with Gasteiger partial charge >= 0.3 is 0 Å². The Morgan fingerprint density at radius 3 is 2.56 bits per heavy atom. The van der Waals surface area contributed by atoms with Crippen LogP contribution in [-0.2, 0) is 10.0 Å². The van der Waals surface area contributed by atoms with Crippen molar-refractivity contribution >= 4 is 26.0 Å². The highest BCUT2D eigenvalue weighted by atomic mass is 79.9. The van der Waals surface area contributed by atoms with Gasteiger partial charge in [0.05, 0.1) is 16.5 Å². The van der Waals surface area contributed by atoms with Gasteiger partial charge in [-0.05, 0) is 41.1 Å². The SMILES string of the molecule is COc1ccc(S(=O)(=O)N(C)C(C)CN)cc1Br. The van der Waals surface area contributed by atoms with Crippen molar-refractivity contribution in [3.05, 3.63) is 22.7 Å². The lowest BCUT2D eigenvalue weighted by atomic mass is 10.3. The molecule has 18 heavy (non-hydrogen) atoms. The van der Waals surface area contributed by atoms with Crippen molar-refractivity contribution in [2.75, 3.05) is 20.7 Å². The summed E-state index contributed by atoms with van der Waals surface area (Å²) in [5.41, 5.74) is 5.49. The minimum absolute atomic E-state index is 0.206. The predicted octanol–water partition coefficient (Wildman–Crippen LogP) is 1.43. The summed E-state index contributed by atoms with van der Waals surface area (Å²) in [6.07, 6.45) is 0. The highest BCUT2D eigenvalue weighted by Crippen LogP contribution is 2.28. The molecule has 0 aliphatic rings. The molecule has 0 fully saturated rings. The van der Waals surface area contributed by atoms with Gasteiger partial charge in [0.15, 0.2) is 0 Å². The molecule has 0 aliphatic carbocycles. The van der Waals surface area contributed by atoms with Crippen molar-refractivity contribution in [3.63, 3.8) is 0 Å². The maximum absolute atomic E-state index is 12.3. The predicted molar refractivity (Wildman–Crippen MR) is 74.2 cm³/mol. The number of likely N-dealkylation sites (N-methyl/N-ethyl adjacent to an activating group) is 1. The summed E-state index contributed by atoms with van der Waals surface area (Å²) < 4.78 is 31.5. The highest BCUT2D eigenvalue weighted by Gasteiger charge is 2.25. The molecular formula is C11H17BrN2O3S. The lowest BCUT2D eigenvalue weighted by Crippen LogP contribution is -2.39. The average molecular weight is 337 g/mol. The summed E-state index contributed by atoms with van der Waals surface area (Å²) in [4.78, 5) is 0.206. The number of benzene rings is 1. The van der Waals surface area contributed by atoms with Crippen LogP contribution in [0.15, 0.2) is 27.6 Å². The van der Waals surface area contributed by atoms with Gasteiger partial charge < -0.3 is 10.5 Å². The largest absolute Gasteiger partial charge is 0.496 e. The van der Waals surface area contributed by atoms with Gasteiger partial charge in [-0.2, -0.15) is 4.31 Å². The van der Waals surface area contributed by atoms with E-state index in [1.54, 1.807) is 13.0 Å². The summed E-state index contributed by atoms with van der Waals surface area (Å²) >= 11 is 3.27. The molecule has 1 rings (SSSR count). The standard InChI is InChI=1S/C11H17BrN2O3S/c1-8(7-13)14(2)18(15,16)9-4-5-11(17-3)10(12)6-9/h4-6,8H,7,13H2,1-3H3. The second kappa shape index (κ2) is 6.01. The summed E-state index contributed by atoms with van der Waals surface area (Å²) in [6.45, 7) is 2.03. The first-order valence-electron chi connectivity index (χ1n) is 5.36. The Balaban J connectivity index is 3.17. The minimum atomic E-state index is -3.53. The fourth-order valence-corrected chi connectivity index (χ4v) is 3.45. The van der Waals surface area contributed by atoms with E-state index in [1.807, 2.05) is 0 Å². The average Bonchev–Trinajstić information content (AvgIpc) is 2.36. The second-order valence-corrected chi connectivity index (χ2v) is 6.75. The molecule has 0 radical (unpaired) electrons. The molecule has 1 aromatic carbocycles. The molecule has 5 nitrogen and oxygen atoms in total. The zero-order chi connectivity index (χ0) is 13.9. The van der Waals surface area contributed by atoms with Gasteiger partial charge in [0.25, 0.3) is 0 Å². The van der Waals surface area contributed by atoms with E-state index in [-0.39, 0.29) is 17.5 Å². The van der Waals surface area contributed by atoms with Crippen LogP contribution in [-0.4, -0.2) is 39.5 Å². The summed E-state index contributed by atoms with van der Waals surface area (Å²) in [6, 6.07) is 4.39. The van der Waals surface area contributed by atoms with Crippen molar-refractivity contribution in [2.45, 2.75) is 17.9 Å². The first kappa shape index (κ1) is 15.4. The Labute approximate surface area is 116 Å². The van der Waals surface area contributed by atoms with Crippen LogP contribution in [0.2, 0.25) is 0 Å². The summed E-state index contributed by atoms with van der Waals surface area (Å²) in [7, 11) is -0.486. The van der Waals surface area contributed by atoms with E-state index < -0.39 is 10.0 Å². The van der Waals surface area contributed by atoms with Crippen molar-refractivity contribution in [1.29, 1.82) is 0 Å². The van der Waals surface area contributed by atoms with Gasteiger partial charge in [-0.15, -0.1) is 0 Å². The van der Waals surface area contributed by atoms with Gasteiger partial charge in [0.1, 0.15) is 5.75 Å². The zero-order valence-corrected chi connectivity index (χ0v) is 13.0. The Kier molecular flexibility index (Phi) is 5.15. The molecule has 1 atom stereocenters. The van der Waals surface area contributed by atoms with E-state index in [0.717, 1.165) is 0 Å². The van der Waals surface area contributed by atoms with Crippen molar-refractivity contribution in [1.82, 2.24) is 4.31 Å². The van der Waals surface area contributed by atoms with Crippen LogP contribution in [0.1, 0.15) is 6.92 Å². The van der Waals surface area contributed by atoms with E-state index in [2.05, 4.69) is 15.9 Å². The van der Waals surface area contributed by atoms with Crippen molar-refractivity contribution in [3.8, 4) is 5.75 Å². The van der Waals surface area contributed by atoms with Crippen LogP contribution >= 0.6 is 15.9 Å². The third-order valence-electron chi connectivity index (χ3n) is 2.76. The molecule has 1 aromatic rings. The fraction of sp³-hybridized carbons (Fsp3) is 0.455. The molecule has 0 heterocycles. The highest BCUT2D eigenvalue weighted by molar-refractivity contribution is 9.10. The Bertz CT molecular complexity index is 519. The van der Waals surface area contributed by atoms with E-state index >= 15 is 0 Å². The summed E-state index contributed by atoms with van der Waals surface area (Å²) in [5, 5.41) is 0. The number of nitrogens with zero attached hydrogens (tertiary/aromatic N) is 1. The Morgan fingerprint density at radius 2 is 2.11 bits per heavy atom. The summed E-state index contributed by atoms with van der Waals surface area (Å²) in [5.74, 6) is 0.587. The van der Waals surface area contributed by atoms with Gasteiger partial charge in [-0.1, -0.05) is 0 Å². The molecule has 7 heteroatoms. The molecule has 0 bridgehead atoms. The van der Waals surface area contributed by atoms with Gasteiger partial charge in [0, 0.05) is 19.6 Å². The number of hydrogen-bond donors (Lipinski definition) is 1. The lowest BCUT2D eigenvalue weighted by Gasteiger charge is -2.23. The second-order valence-electron chi connectivity index (χ2n) is 3.90. The molecule has 1 unspecified atom stereocenters. The van der Waals surface area contributed by atoms with Gasteiger partial charge in [-0.25, -0.2) is 8.42 Å². The molecular weight excluding hydrogens is 320 g/mol. The monoisotopic (exact) mass is 336 g/mol. The minimum Gasteiger partial charge on any atom is -0.496 e. The van der Waals surface area contributed by atoms with E-state index in [1.165, 1.54) is 30.6 Å². The molecule has 0 aliphatic heterocycles. The number of methoxy groups -OCH3 is 1. The quantitative estimate of drug-likeness (QED) is 0.882. The number of sulfonamides is 1. The Hall–Kier alpha value is -0.630. The van der Waals surface area contributed by atoms with Crippen LogP contribution in [0.3, 0.4) is 0 Å². The molecule has 0 saturated heterocycles. The van der Waals surface area contributed by atoms with E-state index in [0.29, 0.717) is 10.2 Å². The lowest BCUT2D eigenvalue weighted by molar-refractivity contribution is 0.394. The zero-order valence-electron chi connectivity index (χ0n) is 10.6. The van der Waals surface area contributed by atoms with Crippen LogP contribution in [0.25, 0.3) is 0 Å². The molecule has 102 valence electrons. The molecule has 0 spiro atoms. The first-order chi connectivity index (χ1) is 8.34. The number of halogens is 1. The number of ether oxygens (including phenoxy) is 1. The van der Waals surface area contributed by atoms with Crippen LogP contribution in [0.4, 0.5) is 0 Å². The molecule has 0 amide bonds. The molecule has 2 N–H and O–H groups in total. The van der Waals surface area contributed by atoms with Crippen molar-refractivity contribution < 1.29 is 13.2 Å². The van der Waals surface area contributed by atoms with Gasteiger partial charge in [-0.3, -0.25) is 0 Å². The van der Waals surface area contributed by atoms with Crippen LogP contribution in [0.5, 0.6) is 5.75 Å². The van der Waals surface area contributed by atoms with Crippen LogP contribution in [0, 0.1) is 0 Å². The third kappa shape index (κ3) is 3.03. The van der Waals surface area contributed by atoms with Crippen LogP contribution < -0.4 is 10.5 Å². The first-order valence-corrected chi connectivity index (χ1v) is 7.59. The van der Waals surface area contributed by atoms with E-state index in [9.17, 15) is 8.42 Å². The fourth-order valence-electron chi connectivity index (χ4n) is 1.36. The van der Waals surface area contributed by atoms with Crippen molar-refractivity contribution in [2.24, 2.45) is 5.73 Å². The number of nitrogens with two attached hydrogens (primary N) is 1. The molecule has 0 saturated carbocycles. The smallest absolute Gasteiger partial charge is 0.243 e. The number of rotatable bonds is 5. The maximum Gasteiger partial charge on any atom is 0.243 e. The third-order valence-corrected chi connectivity index (χ3v) is 5.35. The topological polar surface area (TPSA) is 72.6 Å². The normalized spacial score (nSPS) is 13.7. The van der Waals surface area contributed by atoms with Gasteiger partial charge in [0.2, 0.25) is 10.0 Å². The van der Waals surface area contributed by atoms with E-state index in [4.69, 9.17) is 10.5 Å². The maximum atomic E-state index is 12.3. The number of hydrogen-bond acceptors (Lipinski definition) is 4. The molecule has 0 aromatic heterocycles.